The lowest BCUT2D eigenvalue weighted by atomic mass is 10.1. The Balaban J connectivity index is 0. The number of primary amides is 2. The molecule has 14 heteroatoms. The van der Waals surface area contributed by atoms with E-state index in [4.69, 9.17) is 22.3 Å². The maximum Gasteiger partial charge on any atom is 0.340 e. The molecule has 206 valence electrons. The first-order valence-corrected chi connectivity index (χ1v) is 11.2. The van der Waals surface area contributed by atoms with Crippen molar-refractivity contribution in [3.63, 3.8) is 0 Å². The third-order valence-corrected chi connectivity index (χ3v) is 4.78. The van der Waals surface area contributed by atoms with Gasteiger partial charge >= 0.3 is 17.9 Å². The number of nitrogens with two attached hydrogens (primary N) is 3. The van der Waals surface area contributed by atoms with Crippen molar-refractivity contribution in [1.82, 2.24) is 4.90 Å². The van der Waals surface area contributed by atoms with Gasteiger partial charge in [0.25, 0.3) is 0 Å². The summed E-state index contributed by atoms with van der Waals surface area (Å²) in [5, 5.41) is 8.85. The Bertz CT molecular complexity index is 815. The summed E-state index contributed by atoms with van der Waals surface area (Å²) in [4.78, 5) is 66.5. The number of likely N-dealkylation sites (tertiary alicyclic amines) is 1. The molecule has 0 bridgehead atoms. The molecule has 0 aromatic carbocycles. The van der Waals surface area contributed by atoms with Crippen LogP contribution in [0.5, 0.6) is 0 Å². The van der Waals surface area contributed by atoms with Crippen molar-refractivity contribution in [3.8, 4) is 0 Å². The first-order valence-electron chi connectivity index (χ1n) is 11.2. The second kappa shape index (κ2) is 17.8. The van der Waals surface area contributed by atoms with E-state index in [0.29, 0.717) is 12.8 Å². The van der Waals surface area contributed by atoms with Crippen molar-refractivity contribution < 1.29 is 48.1 Å². The molecule has 2 unspecified atom stereocenters. The fourth-order valence-corrected chi connectivity index (χ4v) is 2.82. The van der Waals surface area contributed by atoms with Crippen molar-refractivity contribution in [2.45, 2.75) is 65.3 Å². The first kappa shape index (κ1) is 34.6. The Labute approximate surface area is 210 Å². The molecule has 2 rings (SSSR count). The average Bonchev–Trinajstić information content (AvgIpc) is 3.40. The summed E-state index contributed by atoms with van der Waals surface area (Å²) in [5.41, 5.74) is 14.9. The summed E-state index contributed by atoms with van der Waals surface area (Å²) in [6, 6.07) is -1.08. The zero-order valence-electron chi connectivity index (χ0n) is 21.5. The quantitative estimate of drug-likeness (QED) is 0.223. The van der Waals surface area contributed by atoms with Crippen molar-refractivity contribution in [2.75, 3.05) is 20.8 Å². The van der Waals surface area contributed by atoms with Gasteiger partial charge in [0.2, 0.25) is 24.0 Å². The van der Waals surface area contributed by atoms with Gasteiger partial charge in [-0.15, -0.1) is 0 Å². The minimum atomic E-state index is -1.48. The van der Waals surface area contributed by atoms with Crippen LogP contribution in [0.2, 0.25) is 0 Å². The van der Waals surface area contributed by atoms with E-state index in [1.165, 1.54) is 12.0 Å². The number of amides is 3. The van der Waals surface area contributed by atoms with E-state index in [0.717, 1.165) is 13.2 Å². The summed E-state index contributed by atoms with van der Waals surface area (Å²) >= 11 is 0. The summed E-state index contributed by atoms with van der Waals surface area (Å²) < 4.78 is 13.0. The number of rotatable bonds is 7. The molecule has 3 amide bonds. The Morgan fingerprint density at radius 3 is 1.94 bits per heavy atom. The molecule has 14 nitrogen and oxygen atoms in total. The second-order valence-corrected chi connectivity index (χ2v) is 7.09. The summed E-state index contributed by atoms with van der Waals surface area (Å²) in [6.45, 7) is 7.80. The van der Waals surface area contributed by atoms with Crippen LogP contribution in [0.25, 0.3) is 0 Å². The molecule has 2 heterocycles. The van der Waals surface area contributed by atoms with Crippen LogP contribution in [0.3, 0.4) is 0 Å². The highest BCUT2D eigenvalue weighted by atomic mass is 16.6. The number of ether oxygens (including phenoxy) is 3. The van der Waals surface area contributed by atoms with Crippen LogP contribution in [0.15, 0.2) is 11.6 Å². The number of carbonyl (C=O) groups is 6. The summed E-state index contributed by atoms with van der Waals surface area (Å²) in [5.74, 6) is -3.59. The highest BCUT2D eigenvalue weighted by Crippen LogP contribution is 2.22. The molecule has 0 saturated carbocycles. The molecule has 1 saturated heterocycles. The smallest absolute Gasteiger partial charge is 0.340 e. The van der Waals surface area contributed by atoms with E-state index < -0.39 is 54.0 Å². The lowest BCUT2D eigenvalue weighted by Gasteiger charge is -2.24. The number of carbonyl (C=O) groups excluding carboxylic acids is 6. The van der Waals surface area contributed by atoms with Crippen LogP contribution in [0.4, 0.5) is 0 Å². The molecule has 36 heavy (non-hydrogen) atoms. The predicted molar refractivity (Wildman–Crippen MR) is 126 cm³/mol. The van der Waals surface area contributed by atoms with Crippen LogP contribution in [-0.4, -0.2) is 84.8 Å². The highest BCUT2D eigenvalue weighted by molar-refractivity contribution is 5.99. The van der Waals surface area contributed by atoms with E-state index in [1.54, 1.807) is 6.92 Å². The Hall–Kier alpha value is -3.52. The third kappa shape index (κ3) is 11.3. The lowest BCUT2D eigenvalue weighted by Crippen LogP contribution is -2.45. The van der Waals surface area contributed by atoms with Crippen LogP contribution in [-0.2, 0) is 43.0 Å². The number of hydrogen-bond acceptors (Lipinski definition) is 11. The molecule has 1 fully saturated rings. The van der Waals surface area contributed by atoms with Crippen molar-refractivity contribution >= 4 is 35.6 Å². The zero-order chi connectivity index (χ0) is 28.6. The largest absolute Gasteiger partial charge is 0.469 e. The topological polar surface area (TPSA) is 232 Å². The van der Waals surface area contributed by atoms with Gasteiger partial charge < -0.3 is 41.4 Å². The van der Waals surface area contributed by atoms with Crippen molar-refractivity contribution in [3.05, 3.63) is 11.6 Å². The van der Waals surface area contributed by atoms with Gasteiger partial charge in [0.15, 0.2) is 0 Å². The van der Waals surface area contributed by atoms with Gasteiger partial charge in [-0.05, 0) is 12.8 Å². The van der Waals surface area contributed by atoms with Crippen LogP contribution in [0, 0.1) is 5.92 Å². The molecule has 0 aliphatic carbocycles. The van der Waals surface area contributed by atoms with Gasteiger partial charge in [-0.1, -0.05) is 27.7 Å². The zero-order valence-corrected chi connectivity index (χ0v) is 21.5. The van der Waals surface area contributed by atoms with Gasteiger partial charge in [0.05, 0.1) is 26.2 Å². The van der Waals surface area contributed by atoms with Crippen LogP contribution >= 0.6 is 0 Å². The fraction of sp³-hybridized carbons (Fsp3) is 0.636. The molecule has 0 aromatic heterocycles. The van der Waals surface area contributed by atoms with Gasteiger partial charge in [-0.3, -0.25) is 19.2 Å². The number of nitrogens with zero attached hydrogens (tertiary/aromatic N) is 1. The highest BCUT2D eigenvalue weighted by Gasteiger charge is 2.39. The number of esters is 3. The molecule has 2 aliphatic rings. The number of aliphatic hydroxyl groups is 1. The molecule has 0 radical (unpaired) electrons. The standard InChI is InChI=1S/C10H16N2O4.C6H6O5.C4H10N2O.C2H6/c1-3-7(9(11)14)12-5-6(4-8(12)13)10(15)16-2;1-10-5(8)3-2-4(7)11-6(3)9;1-2-3(5)4(6)7;1-2/h6-7H,3-5H2,1-2H3,(H2,11,14);2,6,9H,1H3;3H,2,5H2,1H3,(H2,6,7);1-2H3/t6?,7-;;3-;/m0.0./s1. The van der Waals surface area contributed by atoms with Gasteiger partial charge in [-0.25, -0.2) is 9.59 Å². The van der Waals surface area contributed by atoms with Gasteiger partial charge in [-0.2, -0.15) is 0 Å². The Kier molecular flexibility index (Phi) is 17.2. The number of cyclic esters (lactones) is 1. The molecular weight excluding hydrogens is 480 g/mol. The third-order valence-electron chi connectivity index (χ3n) is 4.78. The average molecular weight is 519 g/mol. The maximum absolute atomic E-state index is 11.6. The summed E-state index contributed by atoms with van der Waals surface area (Å²) in [6.07, 6.45) is 0.590. The number of aliphatic hydroxyl groups excluding tert-OH is 1. The SMILES string of the molecule is CC.CC[C@@H](C(N)=O)N1CC(C(=O)OC)CC1=O.CC[C@H](N)C(N)=O.COC(=O)C1=CC(=O)OC1O. The molecule has 4 atom stereocenters. The molecular formula is C22H38N4O10. The number of methoxy groups -OCH3 is 2. The monoisotopic (exact) mass is 518 g/mol. The van der Waals surface area contributed by atoms with E-state index in [2.05, 4.69) is 14.2 Å². The Morgan fingerprint density at radius 2 is 1.64 bits per heavy atom. The summed E-state index contributed by atoms with van der Waals surface area (Å²) in [7, 11) is 2.43. The van der Waals surface area contributed by atoms with Gasteiger partial charge in [0.1, 0.15) is 11.6 Å². The van der Waals surface area contributed by atoms with Gasteiger partial charge in [0, 0.05) is 19.0 Å². The second-order valence-electron chi connectivity index (χ2n) is 7.09. The predicted octanol–water partition coefficient (Wildman–Crippen LogP) is -1.53. The Morgan fingerprint density at radius 1 is 1.08 bits per heavy atom. The molecule has 7 N–H and O–H groups in total. The van der Waals surface area contributed by atoms with E-state index in [9.17, 15) is 28.8 Å². The fourth-order valence-electron chi connectivity index (χ4n) is 2.82. The molecule has 2 aliphatic heterocycles. The molecule has 0 spiro atoms. The lowest BCUT2D eigenvalue weighted by molar-refractivity contribution is -0.153. The van der Waals surface area contributed by atoms with Crippen molar-refractivity contribution in [1.29, 1.82) is 0 Å². The van der Waals surface area contributed by atoms with Crippen molar-refractivity contribution in [2.24, 2.45) is 23.1 Å². The molecule has 0 aromatic rings. The minimum absolute atomic E-state index is 0.0937. The van der Waals surface area contributed by atoms with Crippen LogP contribution < -0.4 is 17.2 Å². The first-order chi connectivity index (χ1) is 16.8. The van der Waals surface area contributed by atoms with Crippen LogP contribution in [0.1, 0.15) is 47.0 Å². The van der Waals surface area contributed by atoms with E-state index >= 15 is 0 Å². The number of hydrogen-bond donors (Lipinski definition) is 4. The normalized spacial score (nSPS) is 19.4. The van der Waals surface area contributed by atoms with E-state index in [1.807, 2.05) is 20.8 Å². The maximum atomic E-state index is 11.6. The van der Waals surface area contributed by atoms with E-state index in [-0.39, 0.29) is 24.4 Å². The minimum Gasteiger partial charge on any atom is -0.469 e.